The number of thiophene rings is 1. The minimum Gasteiger partial charge on any atom is -0.357 e. The van der Waals surface area contributed by atoms with E-state index in [2.05, 4.69) is 20.3 Å². The van der Waals surface area contributed by atoms with Gasteiger partial charge in [0.05, 0.1) is 12.6 Å². The fraction of sp³-hybridized carbons (Fsp3) is 0.353. The standard InChI is InChI=1S/C17H23ClN4O2S2/c1-3-19-17(22-13(2)14-6-4-7-15(18)12-14)20-9-10-21-26(23,24)16-8-5-11-25-16/h4-8,11-13,21H,3,9-10H2,1-2H3,(H2,19,20,22). The molecular formula is C17H23ClN4O2S2. The Balaban J connectivity index is 1.92. The molecule has 2 aromatic rings. The number of nitrogens with zero attached hydrogens (tertiary/aromatic N) is 1. The van der Waals surface area contributed by atoms with Gasteiger partial charge in [-0.15, -0.1) is 11.3 Å². The second-order valence-corrected chi connectivity index (χ2v) is 8.89. The summed E-state index contributed by atoms with van der Waals surface area (Å²) in [5, 5.41) is 8.86. The van der Waals surface area contributed by atoms with Crippen molar-refractivity contribution < 1.29 is 8.42 Å². The van der Waals surface area contributed by atoms with Crippen LogP contribution in [-0.4, -0.2) is 34.0 Å². The maximum Gasteiger partial charge on any atom is 0.250 e. The lowest BCUT2D eigenvalue weighted by Gasteiger charge is -2.18. The Morgan fingerprint density at radius 3 is 2.77 bits per heavy atom. The van der Waals surface area contributed by atoms with Crippen LogP contribution in [0, 0.1) is 0 Å². The molecule has 142 valence electrons. The zero-order valence-electron chi connectivity index (χ0n) is 14.7. The molecule has 0 saturated carbocycles. The fourth-order valence-corrected chi connectivity index (χ4v) is 4.48. The SMILES string of the molecule is CCNC(=NCCNS(=O)(=O)c1cccs1)NC(C)c1cccc(Cl)c1. The molecule has 9 heteroatoms. The van der Waals surface area contributed by atoms with Crippen molar-refractivity contribution in [1.29, 1.82) is 0 Å². The van der Waals surface area contributed by atoms with Crippen LogP contribution in [0.5, 0.6) is 0 Å². The number of hydrogen-bond acceptors (Lipinski definition) is 4. The third kappa shape index (κ3) is 6.28. The van der Waals surface area contributed by atoms with E-state index in [1.807, 2.05) is 38.1 Å². The van der Waals surface area contributed by atoms with Crippen LogP contribution in [0.4, 0.5) is 0 Å². The van der Waals surface area contributed by atoms with Crippen molar-refractivity contribution in [1.82, 2.24) is 15.4 Å². The van der Waals surface area contributed by atoms with Crippen LogP contribution in [0.15, 0.2) is 51.0 Å². The van der Waals surface area contributed by atoms with Gasteiger partial charge >= 0.3 is 0 Å². The lowest BCUT2D eigenvalue weighted by atomic mass is 10.1. The summed E-state index contributed by atoms with van der Waals surface area (Å²) in [5.74, 6) is 0.621. The highest BCUT2D eigenvalue weighted by atomic mass is 35.5. The largest absolute Gasteiger partial charge is 0.357 e. The van der Waals surface area contributed by atoms with Crippen molar-refractivity contribution in [2.24, 2.45) is 4.99 Å². The Labute approximate surface area is 163 Å². The molecule has 1 atom stereocenters. The van der Waals surface area contributed by atoms with Gasteiger partial charge in [-0.1, -0.05) is 29.8 Å². The van der Waals surface area contributed by atoms with Crippen LogP contribution in [0.25, 0.3) is 0 Å². The van der Waals surface area contributed by atoms with Crippen molar-refractivity contribution in [2.75, 3.05) is 19.6 Å². The first-order valence-electron chi connectivity index (χ1n) is 8.26. The number of aliphatic imine (C=N–C) groups is 1. The molecule has 0 radical (unpaired) electrons. The summed E-state index contributed by atoms with van der Waals surface area (Å²) in [7, 11) is -3.45. The molecule has 1 heterocycles. The number of halogens is 1. The maximum absolute atomic E-state index is 12.1. The van der Waals surface area contributed by atoms with Crippen LogP contribution in [0.1, 0.15) is 25.5 Å². The summed E-state index contributed by atoms with van der Waals surface area (Å²) in [4.78, 5) is 4.42. The number of sulfonamides is 1. The number of nitrogens with one attached hydrogen (secondary N) is 3. The topological polar surface area (TPSA) is 82.6 Å². The molecule has 0 aliphatic carbocycles. The third-order valence-electron chi connectivity index (χ3n) is 3.48. The van der Waals surface area contributed by atoms with E-state index in [0.717, 1.165) is 5.56 Å². The van der Waals surface area contributed by atoms with Crippen LogP contribution in [0.2, 0.25) is 5.02 Å². The molecule has 0 aliphatic heterocycles. The number of benzene rings is 1. The highest BCUT2D eigenvalue weighted by molar-refractivity contribution is 7.91. The smallest absolute Gasteiger partial charge is 0.250 e. The van der Waals surface area contributed by atoms with Crippen LogP contribution in [-0.2, 0) is 10.0 Å². The zero-order chi connectivity index (χ0) is 19.0. The molecule has 0 amide bonds. The summed E-state index contributed by atoms with van der Waals surface area (Å²) in [5.41, 5.74) is 1.04. The van der Waals surface area contributed by atoms with E-state index in [-0.39, 0.29) is 12.6 Å². The van der Waals surface area contributed by atoms with Gasteiger partial charge in [0, 0.05) is 18.1 Å². The molecule has 0 fully saturated rings. The minimum atomic E-state index is -3.45. The van der Waals surface area contributed by atoms with Gasteiger partial charge in [-0.2, -0.15) is 0 Å². The normalized spacial score (nSPS) is 13.4. The zero-order valence-corrected chi connectivity index (χ0v) is 17.1. The van der Waals surface area contributed by atoms with Gasteiger partial charge in [-0.3, -0.25) is 4.99 Å². The predicted octanol–water partition coefficient (Wildman–Crippen LogP) is 3.00. The molecule has 3 N–H and O–H groups in total. The van der Waals surface area contributed by atoms with Crippen molar-refractivity contribution in [2.45, 2.75) is 24.1 Å². The van der Waals surface area contributed by atoms with E-state index in [1.54, 1.807) is 17.5 Å². The van der Waals surface area contributed by atoms with E-state index in [0.29, 0.717) is 28.3 Å². The van der Waals surface area contributed by atoms with Gasteiger partial charge in [0.15, 0.2) is 5.96 Å². The van der Waals surface area contributed by atoms with E-state index in [9.17, 15) is 8.42 Å². The summed E-state index contributed by atoms with van der Waals surface area (Å²) < 4.78 is 27.0. The summed E-state index contributed by atoms with van der Waals surface area (Å²) in [6, 6.07) is 10.9. The Kier molecular flexibility index (Phi) is 7.89. The monoisotopic (exact) mass is 414 g/mol. The maximum atomic E-state index is 12.1. The number of guanidine groups is 1. The first-order chi connectivity index (χ1) is 12.4. The highest BCUT2D eigenvalue weighted by Gasteiger charge is 2.14. The van der Waals surface area contributed by atoms with Gasteiger partial charge in [0.25, 0.3) is 0 Å². The van der Waals surface area contributed by atoms with Gasteiger partial charge in [0.2, 0.25) is 10.0 Å². The van der Waals surface area contributed by atoms with Gasteiger partial charge in [0.1, 0.15) is 4.21 Å². The average Bonchev–Trinajstić information content (AvgIpc) is 3.14. The van der Waals surface area contributed by atoms with E-state index >= 15 is 0 Å². The Morgan fingerprint density at radius 1 is 1.31 bits per heavy atom. The minimum absolute atomic E-state index is 0.00862. The van der Waals surface area contributed by atoms with Gasteiger partial charge in [-0.25, -0.2) is 13.1 Å². The summed E-state index contributed by atoms with van der Waals surface area (Å²) in [6.45, 7) is 5.23. The molecule has 0 aliphatic rings. The van der Waals surface area contributed by atoms with E-state index in [4.69, 9.17) is 11.6 Å². The Bertz CT molecular complexity index is 823. The fourth-order valence-electron chi connectivity index (χ4n) is 2.22. The summed E-state index contributed by atoms with van der Waals surface area (Å²) in [6.07, 6.45) is 0. The second-order valence-electron chi connectivity index (χ2n) is 5.51. The Hall–Kier alpha value is -1.61. The molecule has 1 unspecified atom stereocenters. The number of hydrogen-bond donors (Lipinski definition) is 3. The molecule has 0 spiro atoms. The van der Waals surface area contributed by atoms with Crippen LogP contribution in [0.3, 0.4) is 0 Å². The second kappa shape index (κ2) is 9.91. The number of rotatable bonds is 8. The lowest BCUT2D eigenvalue weighted by Crippen LogP contribution is -2.39. The van der Waals surface area contributed by atoms with Crippen LogP contribution >= 0.6 is 22.9 Å². The molecule has 6 nitrogen and oxygen atoms in total. The molecule has 0 saturated heterocycles. The van der Waals surface area contributed by atoms with Crippen LogP contribution < -0.4 is 15.4 Å². The van der Waals surface area contributed by atoms with Crippen molar-refractivity contribution >= 4 is 38.9 Å². The third-order valence-corrected chi connectivity index (χ3v) is 6.57. The molecule has 2 rings (SSSR count). The van der Waals surface area contributed by atoms with Crippen molar-refractivity contribution in [3.63, 3.8) is 0 Å². The highest BCUT2D eigenvalue weighted by Crippen LogP contribution is 2.17. The first kappa shape index (κ1) is 20.7. The van der Waals surface area contributed by atoms with Gasteiger partial charge in [-0.05, 0) is 43.0 Å². The lowest BCUT2D eigenvalue weighted by molar-refractivity contribution is 0.584. The van der Waals surface area contributed by atoms with Crippen molar-refractivity contribution in [3.05, 3.63) is 52.4 Å². The van der Waals surface area contributed by atoms with Gasteiger partial charge < -0.3 is 10.6 Å². The average molecular weight is 415 g/mol. The quantitative estimate of drug-likeness (QED) is 0.352. The molecule has 26 heavy (non-hydrogen) atoms. The molecule has 1 aromatic carbocycles. The summed E-state index contributed by atoms with van der Waals surface area (Å²) >= 11 is 7.22. The Morgan fingerprint density at radius 2 is 2.12 bits per heavy atom. The van der Waals surface area contributed by atoms with E-state index in [1.165, 1.54) is 11.3 Å². The molecule has 0 bridgehead atoms. The van der Waals surface area contributed by atoms with E-state index < -0.39 is 10.0 Å². The first-order valence-corrected chi connectivity index (χ1v) is 11.0. The molecule has 1 aromatic heterocycles. The predicted molar refractivity (Wildman–Crippen MR) is 108 cm³/mol. The van der Waals surface area contributed by atoms with Crippen molar-refractivity contribution in [3.8, 4) is 0 Å². The molecular weight excluding hydrogens is 392 g/mol.